The van der Waals surface area contributed by atoms with Gasteiger partial charge in [0.25, 0.3) is 0 Å². The van der Waals surface area contributed by atoms with Gasteiger partial charge in [0.05, 0.1) is 4.90 Å². The molecule has 1 fully saturated rings. The van der Waals surface area contributed by atoms with Crippen molar-refractivity contribution in [1.82, 2.24) is 4.31 Å². The van der Waals surface area contributed by atoms with E-state index in [1.54, 1.807) is 29.4 Å². The van der Waals surface area contributed by atoms with Gasteiger partial charge in [0, 0.05) is 24.6 Å². The lowest BCUT2D eigenvalue weighted by molar-refractivity contribution is 0.0939. The molecule has 0 aliphatic carbocycles. The first-order chi connectivity index (χ1) is 9.84. The number of rotatable bonds is 4. The van der Waals surface area contributed by atoms with Crippen LogP contribution in [-0.2, 0) is 10.0 Å². The van der Waals surface area contributed by atoms with Crippen LogP contribution in [-0.4, -0.2) is 31.6 Å². The molecule has 5 heteroatoms. The Balaban J connectivity index is 2.42. The molecule has 0 atom stereocenters. The number of carbonyl (C=O) groups excluding carboxylic acids is 1. The average molecular weight is 309 g/mol. The molecule has 0 amide bonds. The summed E-state index contributed by atoms with van der Waals surface area (Å²) in [6.45, 7) is 6.57. The first-order valence-electron chi connectivity index (χ1n) is 7.49. The maximum absolute atomic E-state index is 12.8. The summed E-state index contributed by atoms with van der Waals surface area (Å²) in [6.07, 6.45) is 2.89. The second kappa shape index (κ2) is 6.28. The van der Waals surface area contributed by atoms with Crippen LogP contribution in [0, 0.1) is 12.8 Å². The predicted molar refractivity (Wildman–Crippen MR) is 83.0 cm³/mol. The maximum atomic E-state index is 12.8. The van der Waals surface area contributed by atoms with Crippen molar-refractivity contribution in [3.8, 4) is 0 Å². The third kappa shape index (κ3) is 3.35. The van der Waals surface area contributed by atoms with Crippen LogP contribution >= 0.6 is 0 Å². The summed E-state index contributed by atoms with van der Waals surface area (Å²) in [5, 5.41) is 0. The van der Waals surface area contributed by atoms with E-state index in [1.165, 1.54) is 0 Å². The smallest absolute Gasteiger partial charge is 0.243 e. The fraction of sp³-hybridized carbons (Fsp3) is 0.562. The largest absolute Gasteiger partial charge is 0.294 e. The first-order valence-corrected chi connectivity index (χ1v) is 8.93. The highest BCUT2D eigenvalue weighted by Gasteiger charge is 2.28. The minimum atomic E-state index is -3.49. The zero-order valence-electron chi connectivity index (χ0n) is 12.9. The van der Waals surface area contributed by atoms with Gasteiger partial charge in [-0.05, 0) is 31.4 Å². The molecule has 0 saturated carbocycles. The van der Waals surface area contributed by atoms with E-state index in [0.717, 1.165) is 19.3 Å². The lowest BCUT2D eigenvalue weighted by Gasteiger charge is -2.26. The summed E-state index contributed by atoms with van der Waals surface area (Å²) in [6, 6.07) is 4.99. The zero-order valence-corrected chi connectivity index (χ0v) is 13.7. The van der Waals surface area contributed by atoms with Crippen molar-refractivity contribution in [2.24, 2.45) is 5.92 Å². The average Bonchev–Trinajstić information content (AvgIpc) is 2.47. The lowest BCUT2D eigenvalue weighted by Crippen LogP contribution is -2.36. The summed E-state index contributed by atoms with van der Waals surface area (Å²) in [4.78, 5) is 12.4. The normalized spacial score (nSPS) is 17.1. The molecular formula is C16H23NO3S. The quantitative estimate of drug-likeness (QED) is 0.803. The van der Waals surface area contributed by atoms with Crippen molar-refractivity contribution in [2.45, 2.75) is 44.9 Å². The molecule has 0 unspecified atom stereocenters. The van der Waals surface area contributed by atoms with Gasteiger partial charge in [-0.25, -0.2) is 8.42 Å². The van der Waals surface area contributed by atoms with Crippen LogP contribution in [0.2, 0.25) is 0 Å². The van der Waals surface area contributed by atoms with Crippen LogP contribution in [0.15, 0.2) is 23.1 Å². The molecular weight excluding hydrogens is 286 g/mol. The topological polar surface area (TPSA) is 54.5 Å². The van der Waals surface area contributed by atoms with Crippen molar-refractivity contribution >= 4 is 15.8 Å². The number of aryl methyl sites for hydroxylation is 1. The van der Waals surface area contributed by atoms with Gasteiger partial charge in [0.2, 0.25) is 10.0 Å². The first kappa shape index (κ1) is 16.2. The van der Waals surface area contributed by atoms with Gasteiger partial charge in [0.15, 0.2) is 5.78 Å². The second-order valence-electron chi connectivity index (χ2n) is 5.96. The number of sulfonamides is 1. The van der Waals surface area contributed by atoms with E-state index in [0.29, 0.717) is 24.2 Å². The molecule has 1 aliphatic rings. The highest BCUT2D eigenvalue weighted by atomic mass is 32.2. The fourth-order valence-corrected chi connectivity index (χ4v) is 4.38. The molecule has 21 heavy (non-hydrogen) atoms. The third-order valence-corrected chi connectivity index (χ3v) is 5.97. The highest BCUT2D eigenvalue weighted by Crippen LogP contribution is 2.25. The Kier molecular flexibility index (Phi) is 4.84. The molecule has 1 heterocycles. The van der Waals surface area contributed by atoms with Gasteiger partial charge in [0.1, 0.15) is 0 Å². The number of hydrogen-bond acceptors (Lipinski definition) is 3. The van der Waals surface area contributed by atoms with Crippen LogP contribution in [0.1, 0.15) is 49.0 Å². The van der Waals surface area contributed by atoms with E-state index < -0.39 is 10.0 Å². The van der Waals surface area contributed by atoms with Crippen molar-refractivity contribution < 1.29 is 13.2 Å². The summed E-state index contributed by atoms with van der Waals surface area (Å²) in [5.41, 5.74) is 1.17. The molecule has 1 aromatic rings. The molecule has 4 nitrogen and oxygen atoms in total. The standard InChI is InChI=1S/C16H23NO3S/c1-12(2)16(18)14-8-7-13(3)15(11-14)21(19,20)17-9-5-4-6-10-17/h7-8,11-12H,4-6,9-10H2,1-3H3. The second-order valence-corrected chi connectivity index (χ2v) is 7.87. The van der Waals surface area contributed by atoms with Crippen LogP contribution in [0.5, 0.6) is 0 Å². The monoisotopic (exact) mass is 309 g/mol. The van der Waals surface area contributed by atoms with E-state index in [9.17, 15) is 13.2 Å². The number of ketones is 1. The molecule has 0 N–H and O–H groups in total. The Morgan fingerprint density at radius 1 is 1.14 bits per heavy atom. The van der Waals surface area contributed by atoms with Crippen molar-refractivity contribution in [1.29, 1.82) is 0 Å². The van der Waals surface area contributed by atoms with Gasteiger partial charge in [-0.2, -0.15) is 4.31 Å². The Bertz CT molecular complexity index is 629. The fourth-order valence-electron chi connectivity index (χ4n) is 2.61. The van der Waals surface area contributed by atoms with Gasteiger partial charge in [-0.1, -0.05) is 32.4 Å². The molecule has 116 valence electrons. The highest BCUT2D eigenvalue weighted by molar-refractivity contribution is 7.89. The van der Waals surface area contributed by atoms with Gasteiger partial charge in [-0.3, -0.25) is 4.79 Å². The Labute approximate surface area is 127 Å². The van der Waals surface area contributed by atoms with Crippen molar-refractivity contribution in [2.75, 3.05) is 13.1 Å². The lowest BCUT2D eigenvalue weighted by atomic mass is 10.0. The van der Waals surface area contributed by atoms with Crippen LogP contribution in [0.3, 0.4) is 0 Å². The molecule has 2 rings (SSSR count). The number of hydrogen-bond donors (Lipinski definition) is 0. The summed E-state index contributed by atoms with van der Waals surface area (Å²) < 4.78 is 27.1. The van der Waals surface area contributed by atoms with E-state index in [2.05, 4.69) is 0 Å². The minimum Gasteiger partial charge on any atom is -0.294 e. The molecule has 0 aromatic heterocycles. The number of benzene rings is 1. The molecule has 1 saturated heterocycles. The SMILES string of the molecule is Cc1ccc(C(=O)C(C)C)cc1S(=O)(=O)N1CCCCC1. The maximum Gasteiger partial charge on any atom is 0.243 e. The van der Waals surface area contributed by atoms with Crippen molar-refractivity contribution in [3.05, 3.63) is 29.3 Å². The Morgan fingerprint density at radius 2 is 1.76 bits per heavy atom. The zero-order chi connectivity index (χ0) is 15.6. The van der Waals surface area contributed by atoms with E-state index in [4.69, 9.17) is 0 Å². The third-order valence-electron chi connectivity index (χ3n) is 3.93. The number of Topliss-reactive ketones (excluding diaryl/α,β-unsaturated/α-hetero) is 1. The van der Waals surface area contributed by atoms with Crippen molar-refractivity contribution in [3.63, 3.8) is 0 Å². The number of carbonyl (C=O) groups is 1. The van der Waals surface area contributed by atoms with Gasteiger partial charge in [-0.15, -0.1) is 0 Å². The van der Waals surface area contributed by atoms with E-state index >= 15 is 0 Å². The summed E-state index contributed by atoms with van der Waals surface area (Å²) >= 11 is 0. The predicted octanol–water partition coefficient (Wildman–Crippen LogP) is 3.01. The number of piperidine rings is 1. The van der Waals surface area contributed by atoms with E-state index in [1.807, 2.05) is 13.8 Å². The van der Waals surface area contributed by atoms with E-state index in [-0.39, 0.29) is 16.6 Å². The van der Waals surface area contributed by atoms with Crippen LogP contribution in [0.4, 0.5) is 0 Å². The van der Waals surface area contributed by atoms with Gasteiger partial charge < -0.3 is 0 Å². The van der Waals surface area contributed by atoms with Crippen LogP contribution in [0.25, 0.3) is 0 Å². The molecule has 0 radical (unpaired) electrons. The minimum absolute atomic E-state index is 0.0231. The molecule has 0 bridgehead atoms. The number of nitrogens with zero attached hydrogens (tertiary/aromatic N) is 1. The van der Waals surface area contributed by atoms with Crippen LogP contribution < -0.4 is 0 Å². The molecule has 1 aromatic carbocycles. The molecule has 0 spiro atoms. The summed E-state index contributed by atoms with van der Waals surface area (Å²) in [5.74, 6) is -0.164. The molecule has 1 aliphatic heterocycles. The Hall–Kier alpha value is -1.20. The Morgan fingerprint density at radius 3 is 2.33 bits per heavy atom. The van der Waals surface area contributed by atoms with Gasteiger partial charge >= 0.3 is 0 Å². The summed E-state index contributed by atoms with van der Waals surface area (Å²) in [7, 11) is -3.49.